The van der Waals surface area contributed by atoms with E-state index >= 15 is 0 Å². The van der Waals surface area contributed by atoms with Crippen LogP contribution in [0.2, 0.25) is 25.7 Å². The molecule has 0 unspecified atom stereocenters. The summed E-state index contributed by atoms with van der Waals surface area (Å²) >= 11 is 0. The van der Waals surface area contributed by atoms with Crippen molar-refractivity contribution in [3.63, 3.8) is 0 Å². The van der Waals surface area contributed by atoms with Crippen LogP contribution in [0.25, 0.3) is 6.08 Å². The predicted octanol–water partition coefficient (Wildman–Crippen LogP) is 4.99. The maximum atomic E-state index is 3.77. The van der Waals surface area contributed by atoms with Crippen LogP contribution in [0.5, 0.6) is 0 Å². The first-order valence-electron chi connectivity index (χ1n) is 6.23. The number of rotatable bonds is 6. The standard InChI is InChI=1S/C15H24Si/c1-5-14-9-11-15(12-10-14)8-6-7-13-16(2,3)4/h5,9-12H,1,6-8,13H2,2-4H3. The first kappa shape index (κ1) is 13.2. The first-order valence-corrected chi connectivity index (χ1v) is 9.93. The molecule has 0 amide bonds. The summed E-state index contributed by atoms with van der Waals surface area (Å²) in [5.74, 6) is 0. The highest BCUT2D eigenvalue weighted by Crippen LogP contribution is 2.15. The Morgan fingerprint density at radius 3 is 2.19 bits per heavy atom. The van der Waals surface area contributed by atoms with Gasteiger partial charge in [-0.1, -0.05) is 69.0 Å². The third kappa shape index (κ3) is 5.31. The molecule has 0 aliphatic heterocycles. The van der Waals surface area contributed by atoms with Crippen molar-refractivity contribution >= 4 is 14.1 Å². The summed E-state index contributed by atoms with van der Waals surface area (Å²) in [5.41, 5.74) is 2.67. The Kier molecular flexibility index (Phi) is 5.00. The number of benzene rings is 1. The Labute approximate surface area is 101 Å². The van der Waals surface area contributed by atoms with E-state index in [0.29, 0.717) is 0 Å². The second-order valence-corrected chi connectivity index (χ2v) is 11.3. The molecule has 0 saturated carbocycles. The van der Waals surface area contributed by atoms with Crippen molar-refractivity contribution in [2.75, 3.05) is 0 Å². The molecule has 0 aromatic heterocycles. The van der Waals surface area contributed by atoms with Crippen LogP contribution in [0, 0.1) is 0 Å². The quantitative estimate of drug-likeness (QED) is 0.479. The molecule has 0 atom stereocenters. The van der Waals surface area contributed by atoms with Crippen LogP contribution in [0.4, 0.5) is 0 Å². The average Bonchev–Trinajstić information content (AvgIpc) is 2.24. The van der Waals surface area contributed by atoms with E-state index in [9.17, 15) is 0 Å². The predicted molar refractivity (Wildman–Crippen MR) is 77.6 cm³/mol. The van der Waals surface area contributed by atoms with Crippen LogP contribution in [0.15, 0.2) is 30.8 Å². The van der Waals surface area contributed by atoms with E-state index in [0.717, 1.165) is 0 Å². The summed E-state index contributed by atoms with van der Waals surface area (Å²) in [6.45, 7) is 11.1. The maximum absolute atomic E-state index is 3.77. The van der Waals surface area contributed by atoms with E-state index in [-0.39, 0.29) is 0 Å². The third-order valence-corrected chi connectivity index (χ3v) is 4.71. The third-order valence-electron chi connectivity index (χ3n) is 2.86. The molecule has 1 aromatic rings. The maximum Gasteiger partial charge on any atom is 0.0442 e. The zero-order chi connectivity index (χ0) is 12.0. The van der Waals surface area contributed by atoms with Gasteiger partial charge in [0, 0.05) is 8.07 Å². The minimum Gasteiger partial charge on any atom is -0.0985 e. The van der Waals surface area contributed by atoms with Crippen LogP contribution < -0.4 is 0 Å². The van der Waals surface area contributed by atoms with Crippen molar-refractivity contribution in [1.82, 2.24) is 0 Å². The van der Waals surface area contributed by atoms with Crippen LogP contribution in [0.1, 0.15) is 24.0 Å². The summed E-state index contributed by atoms with van der Waals surface area (Å²) < 4.78 is 0. The Morgan fingerprint density at radius 1 is 1.06 bits per heavy atom. The molecule has 0 heterocycles. The number of aryl methyl sites for hydroxylation is 1. The van der Waals surface area contributed by atoms with E-state index in [1.54, 1.807) is 0 Å². The summed E-state index contributed by atoms with van der Waals surface area (Å²) in [7, 11) is -0.823. The van der Waals surface area contributed by atoms with Gasteiger partial charge in [-0.25, -0.2) is 0 Å². The molecule has 0 radical (unpaired) electrons. The largest absolute Gasteiger partial charge is 0.0985 e. The van der Waals surface area contributed by atoms with Gasteiger partial charge in [-0.15, -0.1) is 0 Å². The Balaban J connectivity index is 2.29. The van der Waals surface area contributed by atoms with E-state index in [1.165, 1.54) is 36.4 Å². The monoisotopic (exact) mass is 232 g/mol. The topological polar surface area (TPSA) is 0 Å². The van der Waals surface area contributed by atoms with Crippen molar-refractivity contribution in [2.24, 2.45) is 0 Å². The van der Waals surface area contributed by atoms with Gasteiger partial charge in [-0.3, -0.25) is 0 Å². The Bertz CT molecular complexity index is 316. The SMILES string of the molecule is C=Cc1ccc(CCCC[Si](C)(C)C)cc1. The molecule has 1 aromatic carbocycles. The van der Waals surface area contributed by atoms with Crippen molar-refractivity contribution in [1.29, 1.82) is 0 Å². The number of unbranched alkanes of at least 4 members (excludes halogenated alkanes) is 1. The molecule has 16 heavy (non-hydrogen) atoms. The van der Waals surface area contributed by atoms with Gasteiger partial charge in [0.05, 0.1) is 0 Å². The summed E-state index contributed by atoms with van der Waals surface area (Å²) in [6, 6.07) is 10.2. The fraction of sp³-hybridized carbons (Fsp3) is 0.467. The Hall–Kier alpha value is -0.823. The highest BCUT2D eigenvalue weighted by atomic mass is 28.3. The van der Waals surface area contributed by atoms with Crippen molar-refractivity contribution in [3.05, 3.63) is 42.0 Å². The van der Waals surface area contributed by atoms with Crippen molar-refractivity contribution in [2.45, 2.75) is 44.9 Å². The summed E-state index contributed by atoms with van der Waals surface area (Å²) in [5, 5.41) is 0. The van der Waals surface area contributed by atoms with Crippen LogP contribution in [0.3, 0.4) is 0 Å². The normalized spacial score (nSPS) is 11.4. The van der Waals surface area contributed by atoms with Gasteiger partial charge in [-0.05, 0) is 24.0 Å². The molecule has 0 fully saturated rings. The molecule has 1 rings (SSSR count). The lowest BCUT2D eigenvalue weighted by Crippen LogP contribution is -2.18. The second kappa shape index (κ2) is 6.05. The molecule has 0 bridgehead atoms. The highest BCUT2D eigenvalue weighted by Gasteiger charge is 2.11. The molecular formula is C15H24Si. The molecule has 0 saturated heterocycles. The Morgan fingerprint density at radius 2 is 1.69 bits per heavy atom. The molecule has 0 spiro atoms. The minimum absolute atomic E-state index is 0.823. The van der Waals surface area contributed by atoms with Gasteiger partial charge in [-0.2, -0.15) is 0 Å². The van der Waals surface area contributed by atoms with Gasteiger partial charge in [0.25, 0.3) is 0 Å². The van der Waals surface area contributed by atoms with Crippen LogP contribution >= 0.6 is 0 Å². The van der Waals surface area contributed by atoms with E-state index in [1.807, 2.05) is 6.08 Å². The first-order chi connectivity index (χ1) is 7.51. The van der Waals surface area contributed by atoms with Gasteiger partial charge < -0.3 is 0 Å². The van der Waals surface area contributed by atoms with Gasteiger partial charge in [0.2, 0.25) is 0 Å². The fourth-order valence-electron chi connectivity index (χ4n) is 1.80. The molecular weight excluding hydrogens is 208 g/mol. The van der Waals surface area contributed by atoms with E-state index < -0.39 is 8.07 Å². The summed E-state index contributed by atoms with van der Waals surface area (Å²) in [4.78, 5) is 0. The molecule has 0 aliphatic carbocycles. The fourth-order valence-corrected chi connectivity index (χ4v) is 3.12. The zero-order valence-electron chi connectivity index (χ0n) is 10.9. The molecule has 0 aliphatic rings. The van der Waals surface area contributed by atoms with Gasteiger partial charge in [0.15, 0.2) is 0 Å². The number of hydrogen-bond donors (Lipinski definition) is 0. The highest BCUT2D eigenvalue weighted by molar-refractivity contribution is 6.76. The van der Waals surface area contributed by atoms with E-state index in [2.05, 4.69) is 50.5 Å². The van der Waals surface area contributed by atoms with Gasteiger partial charge >= 0.3 is 0 Å². The molecule has 88 valence electrons. The molecule has 0 nitrogen and oxygen atoms in total. The lowest BCUT2D eigenvalue weighted by atomic mass is 10.1. The van der Waals surface area contributed by atoms with Crippen molar-refractivity contribution in [3.8, 4) is 0 Å². The average molecular weight is 232 g/mol. The minimum atomic E-state index is -0.823. The molecule has 0 N–H and O–H groups in total. The van der Waals surface area contributed by atoms with Gasteiger partial charge in [0.1, 0.15) is 0 Å². The molecule has 1 heteroatoms. The summed E-state index contributed by atoms with van der Waals surface area (Å²) in [6.07, 6.45) is 5.84. The van der Waals surface area contributed by atoms with Crippen molar-refractivity contribution < 1.29 is 0 Å². The second-order valence-electron chi connectivity index (χ2n) is 5.71. The smallest absolute Gasteiger partial charge is 0.0442 e. The zero-order valence-corrected chi connectivity index (χ0v) is 11.9. The number of hydrogen-bond acceptors (Lipinski definition) is 0. The van der Waals surface area contributed by atoms with Crippen LogP contribution in [-0.2, 0) is 6.42 Å². The van der Waals surface area contributed by atoms with Crippen LogP contribution in [-0.4, -0.2) is 8.07 Å². The van der Waals surface area contributed by atoms with E-state index in [4.69, 9.17) is 0 Å². The lowest BCUT2D eigenvalue weighted by Gasteiger charge is -2.14. The lowest BCUT2D eigenvalue weighted by molar-refractivity contribution is 0.785.